The molecule has 0 aromatic heterocycles. The fourth-order valence-electron chi connectivity index (χ4n) is 5.66. The van der Waals surface area contributed by atoms with Gasteiger partial charge in [-0.1, -0.05) is 37.6 Å². The molecule has 0 aliphatic carbocycles. The Morgan fingerprint density at radius 3 is 2.36 bits per heavy atom. The SMILES string of the molecule is CCCCc1ccc(C(=O)Nc2ccc(N3CCN(c4ccccc4OC)CC3)c(C(=O)NCC3CCCO3)c2)cc1. The lowest BCUT2D eigenvalue weighted by atomic mass is 10.1. The molecule has 1 atom stereocenters. The number of nitrogens with one attached hydrogen (secondary N) is 2. The number of rotatable bonds is 11. The van der Waals surface area contributed by atoms with Crippen molar-refractivity contribution in [1.29, 1.82) is 0 Å². The molecular formula is C34H42N4O4. The molecule has 8 nitrogen and oxygen atoms in total. The zero-order valence-corrected chi connectivity index (χ0v) is 24.7. The molecule has 3 aromatic carbocycles. The van der Waals surface area contributed by atoms with Crippen LogP contribution in [0.5, 0.6) is 5.75 Å². The molecule has 0 spiro atoms. The van der Waals surface area contributed by atoms with Crippen LogP contribution in [0.25, 0.3) is 0 Å². The van der Waals surface area contributed by atoms with Crippen LogP contribution in [0.2, 0.25) is 0 Å². The Bertz CT molecular complexity index is 1350. The van der Waals surface area contributed by atoms with Crippen LogP contribution >= 0.6 is 0 Å². The molecule has 2 N–H and O–H groups in total. The van der Waals surface area contributed by atoms with Crippen molar-refractivity contribution in [1.82, 2.24) is 5.32 Å². The van der Waals surface area contributed by atoms with Gasteiger partial charge in [-0.3, -0.25) is 9.59 Å². The molecular weight excluding hydrogens is 528 g/mol. The van der Waals surface area contributed by atoms with Crippen LogP contribution in [0.1, 0.15) is 58.9 Å². The molecule has 0 saturated carbocycles. The monoisotopic (exact) mass is 570 g/mol. The maximum absolute atomic E-state index is 13.5. The van der Waals surface area contributed by atoms with Crippen LogP contribution in [0, 0.1) is 0 Å². The highest BCUT2D eigenvalue weighted by molar-refractivity contribution is 6.06. The first-order valence-electron chi connectivity index (χ1n) is 15.1. The molecule has 5 rings (SSSR count). The van der Waals surface area contributed by atoms with Gasteiger partial charge in [0.05, 0.1) is 24.5 Å². The van der Waals surface area contributed by atoms with Gasteiger partial charge in [0.1, 0.15) is 5.75 Å². The van der Waals surface area contributed by atoms with Crippen molar-refractivity contribution in [2.24, 2.45) is 0 Å². The number of hydrogen-bond donors (Lipinski definition) is 2. The third-order valence-electron chi connectivity index (χ3n) is 8.09. The first kappa shape index (κ1) is 29.5. The van der Waals surface area contributed by atoms with E-state index in [-0.39, 0.29) is 17.9 Å². The molecule has 8 heteroatoms. The summed E-state index contributed by atoms with van der Waals surface area (Å²) in [6.45, 7) is 6.48. The molecule has 2 fully saturated rings. The summed E-state index contributed by atoms with van der Waals surface area (Å²) in [7, 11) is 1.69. The molecule has 222 valence electrons. The highest BCUT2D eigenvalue weighted by atomic mass is 16.5. The summed E-state index contributed by atoms with van der Waals surface area (Å²) in [6.07, 6.45) is 5.29. The summed E-state index contributed by atoms with van der Waals surface area (Å²) in [5.74, 6) is 0.501. The maximum Gasteiger partial charge on any atom is 0.255 e. The number of nitrogens with zero attached hydrogens (tertiary/aromatic N) is 2. The lowest BCUT2D eigenvalue weighted by Gasteiger charge is -2.38. The van der Waals surface area contributed by atoms with Gasteiger partial charge in [0, 0.05) is 56.3 Å². The molecule has 0 bridgehead atoms. The van der Waals surface area contributed by atoms with Crippen molar-refractivity contribution < 1.29 is 19.1 Å². The summed E-state index contributed by atoms with van der Waals surface area (Å²) in [5, 5.41) is 6.08. The fraction of sp³-hybridized carbons (Fsp3) is 0.412. The minimum atomic E-state index is -0.194. The predicted octanol–water partition coefficient (Wildman–Crippen LogP) is 5.53. The van der Waals surface area contributed by atoms with Gasteiger partial charge in [-0.2, -0.15) is 0 Å². The number of methoxy groups -OCH3 is 1. The number of carbonyl (C=O) groups is 2. The predicted molar refractivity (Wildman–Crippen MR) is 168 cm³/mol. The van der Waals surface area contributed by atoms with Crippen molar-refractivity contribution >= 4 is 28.9 Å². The fourth-order valence-corrected chi connectivity index (χ4v) is 5.66. The van der Waals surface area contributed by atoms with E-state index < -0.39 is 0 Å². The summed E-state index contributed by atoms with van der Waals surface area (Å²) >= 11 is 0. The van der Waals surface area contributed by atoms with Crippen LogP contribution in [0.4, 0.5) is 17.1 Å². The summed E-state index contributed by atoms with van der Waals surface area (Å²) in [4.78, 5) is 31.2. The highest BCUT2D eigenvalue weighted by Crippen LogP contribution is 2.31. The van der Waals surface area contributed by atoms with Gasteiger partial charge in [-0.05, 0) is 73.7 Å². The number of carbonyl (C=O) groups excluding carboxylic acids is 2. The van der Waals surface area contributed by atoms with Gasteiger partial charge < -0.3 is 29.9 Å². The number of ether oxygens (including phenoxy) is 2. The molecule has 2 heterocycles. The normalized spacial score (nSPS) is 16.8. The van der Waals surface area contributed by atoms with Crippen molar-refractivity contribution in [2.75, 3.05) is 61.6 Å². The Morgan fingerprint density at radius 2 is 1.67 bits per heavy atom. The Labute approximate surface area is 249 Å². The van der Waals surface area contributed by atoms with Crippen molar-refractivity contribution in [3.8, 4) is 5.75 Å². The molecule has 42 heavy (non-hydrogen) atoms. The van der Waals surface area contributed by atoms with Gasteiger partial charge >= 0.3 is 0 Å². The van der Waals surface area contributed by atoms with Gasteiger partial charge in [-0.25, -0.2) is 0 Å². The molecule has 2 aliphatic rings. The number of aryl methyl sites for hydroxylation is 1. The van der Waals surface area contributed by atoms with Gasteiger partial charge in [-0.15, -0.1) is 0 Å². The van der Waals surface area contributed by atoms with E-state index >= 15 is 0 Å². The van der Waals surface area contributed by atoms with Gasteiger partial charge in [0.25, 0.3) is 11.8 Å². The van der Waals surface area contributed by atoms with E-state index in [2.05, 4.69) is 33.4 Å². The van der Waals surface area contributed by atoms with Crippen LogP contribution < -0.4 is 25.2 Å². The van der Waals surface area contributed by atoms with Gasteiger partial charge in [0.2, 0.25) is 0 Å². The van der Waals surface area contributed by atoms with E-state index in [1.165, 1.54) is 5.56 Å². The van der Waals surface area contributed by atoms with Crippen LogP contribution in [0.15, 0.2) is 66.7 Å². The second-order valence-electron chi connectivity index (χ2n) is 11.0. The van der Waals surface area contributed by atoms with E-state index in [0.29, 0.717) is 23.4 Å². The second kappa shape index (κ2) is 14.2. The molecule has 3 aromatic rings. The standard InChI is InChI=1S/C34H42N4O4/c1-3-4-8-25-12-14-26(15-13-25)33(39)36-27-16-17-30(29(23-27)34(40)35-24-28-9-7-22-42-28)37-18-20-38(21-19-37)31-10-5-6-11-32(31)41-2/h5-6,10-17,23,28H,3-4,7-9,18-22,24H2,1-2H3,(H,35,40)(H,36,39). The second-order valence-corrected chi connectivity index (χ2v) is 11.0. The number of benzene rings is 3. The Morgan fingerprint density at radius 1 is 0.929 bits per heavy atom. The van der Waals surface area contributed by atoms with E-state index in [4.69, 9.17) is 9.47 Å². The minimum Gasteiger partial charge on any atom is -0.495 e. The van der Waals surface area contributed by atoms with E-state index in [0.717, 1.165) is 82.0 Å². The van der Waals surface area contributed by atoms with E-state index in [1.54, 1.807) is 13.2 Å². The number of anilines is 3. The molecule has 1 unspecified atom stereocenters. The summed E-state index contributed by atoms with van der Waals surface area (Å²) in [5.41, 5.74) is 4.90. The highest BCUT2D eigenvalue weighted by Gasteiger charge is 2.25. The van der Waals surface area contributed by atoms with E-state index in [9.17, 15) is 9.59 Å². The number of piperazine rings is 1. The third kappa shape index (κ3) is 7.23. The summed E-state index contributed by atoms with van der Waals surface area (Å²) in [6, 6.07) is 21.4. The zero-order chi connectivity index (χ0) is 29.3. The van der Waals surface area contributed by atoms with E-state index in [1.807, 2.05) is 54.6 Å². The number of para-hydroxylation sites is 2. The minimum absolute atomic E-state index is 0.0463. The quantitative estimate of drug-likeness (QED) is 0.316. The van der Waals surface area contributed by atoms with Gasteiger partial charge in [0.15, 0.2) is 0 Å². The number of hydrogen-bond acceptors (Lipinski definition) is 6. The van der Waals surface area contributed by atoms with Crippen molar-refractivity contribution in [2.45, 2.75) is 45.1 Å². The maximum atomic E-state index is 13.5. The van der Waals surface area contributed by atoms with Crippen LogP contribution in [0.3, 0.4) is 0 Å². The number of amides is 2. The Kier molecular flexibility index (Phi) is 9.98. The smallest absolute Gasteiger partial charge is 0.255 e. The van der Waals surface area contributed by atoms with Crippen molar-refractivity contribution in [3.63, 3.8) is 0 Å². The molecule has 2 saturated heterocycles. The first-order valence-corrected chi connectivity index (χ1v) is 15.1. The Hall–Kier alpha value is -4.04. The lowest BCUT2D eigenvalue weighted by Crippen LogP contribution is -2.47. The van der Waals surface area contributed by atoms with Crippen LogP contribution in [-0.2, 0) is 11.2 Å². The number of unbranched alkanes of at least 4 members (excludes halogenated alkanes) is 1. The largest absolute Gasteiger partial charge is 0.495 e. The third-order valence-corrected chi connectivity index (χ3v) is 8.09. The average molecular weight is 571 g/mol. The molecule has 2 amide bonds. The average Bonchev–Trinajstić information content (AvgIpc) is 3.57. The topological polar surface area (TPSA) is 83.1 Å². The summed E-state index contributed by atoms with van der Waals surface area (Å²) < 4.78 is 11.3. The molecule has 0 radical (unpaired) electrons. The van der Waals surface area contributed by atoms with Crippen molar-refractivity contribution in [3.05, 3.63) is 83.4 Å². The Balaban J connectivity index is 1.31. The van der Waals surface area contributed by atoms with Crippen LogP contribution in [-0.4, -0.2) is 64.4 Å². The zero-order valence-electron chi connectivity index (χ0n) is 24.7. The lowest BCUT2D eigenvalue weighted by molar-refractivity contribution is 0.0858. The first-order chi connectivity index (χ1) is 20.6. The molecule has 2 aliphatic heterocycles.